The average Bonchev–Trinajstić information content (AvgIpc) is 3.53. The number of morpholine rings is 1. The zero-order valence-corrected chi connectivity index (χ0v) is 16.5. The second kappa shape index (κ2) is 8.53. The first kappa shape index (κ1) is 19.3. The van der Waals surface area contributed by atoms with Crippen LogP contribution in [0.5, 0.6) is 0 Å². The van der Waals surface area contributed by atoms with E-state index in [0.29, 0.717) is 50.8 Å². The van der Waals surface area contributed by atoms with Gasteiger partial charge in [-0.25, -0.2) is 9.97 Å². The molecule has 1 aliphatic carbocycles. The van der Waals surface area contributed by atoms with E-state index in [2.05, 4.69) is 27.2 Å². The lowest BCUT2D eigenvalue weighted by Gasteiger charge is -2.30. The molecule has 0 bridgehead atoms. The molecule has 1 aromatic rings. The number of nitrogens with one attached hydrogen (secondary N) is 1. The van der Waals surface area contributed by atoms with Crippen LogP contribution < -0.4 is 5.32 Å². The molecule has 8 heteroatoms. The quantitative estimate of drug-likeness (QED) is 0.777. The van der Waals surface area contributed by atoms with Crippen LogP contribution >= 0.6 is 0 Å². The number of hydrogen-bond donors (Lipinski definition) is 1. The van der Waals surface area contributed by atoms with Crippen LogP contribution in [0, 0.1) is 0 Å². The molecule has 2 saturated heterocycles. The van der Waals surface area contributed by atoms with Gasteiger partial charge in [0, 0.05) is 56.5 Å². The Morgan fingerprint density at radius 2 is 1.79 bits per heavy atom. The Morgan fingerprint density at radius 3 is 2.46 bits per heavy atom. The van der Waals surface area contributed by atoms with E-state index >= 15 is 0 Å². The van der Waals surface area contributed by atoms with Crippen LogP contribution in [-0.4, -0.2) is 83.6 Å². The topological polar surface area (TPSA) is 87.7 Å². The number of rotatable bonds is 6. The summed E-state index contributed by atoms with van der Waals surface area (Å²) in [4.78, 5) is 37.7. The molecule has 2 atom stereocenters. The summed E-state index contributed by atoms with van der Waals surface area (Å²) in [7, 11) is 2.05. The summed E-state index contributed by atoms with van der Waals surface area (Å²) in [6.45, 7) is 3.22. The monoisotopic (exact) mass is 387 g/mol. The molecule has 2 amide bonds. The van der Waals surface area contributed by atoms with Crippen LogP contribution in [-0.2, 0) is 9.53 Å². The first-order valence-corrected chi connectivity index (χ1v) is 10.3. The van der Waals surface area contributed by atoms with Crippen molar-refractivity contribution in [2.75, 3.05) is 39.9 Å². The van der Waals surface area contributed by atoms with Gasteiger partial charge in [0.25, 0.3) is 5.91 Å². The first-order valence-electron chi connectivity index (χ1n) is 10.3. The highest BCUT2D eigenvalue weighted by Gasteiger charge is 2.33. The molecule has 1 saturated carbocycles. The molecule has 4 rings (SSSR count). The lowest BCUT2D eigenvalue weighted by Crippen LogP contribution is -2.45. The molecule has 0 unspecified atom stereocenters. The summed E-state index contributed by atoms with van der Waals surface area (Å²) in [5.41, 5.74) is 0.504. The maximum Gasteiger partial charge on any atom is 0.254 e. The van der Waals surface area contributed by atoms with Gasteiger partial charge in [-0.2, -0.15) is 0 Å². The van der Waals surface area contributed by atoms with Crippen molar-refractivity contribution >= 4 is 11.8 Å². The van der Waals surface area contributed by atoms with Crippen molar-refractivity contribution in [1.82, 2.24) is 25.1 Å². The van der Waals surface area contributed by atoms with Crippen molar-refractivity contribution in [3.8, 4) is 0 Å². The average molecular weight is 387 g/mol. The third-order valence-corrected chi connectivity index (χ3v) is 6.13. The normalized spacial score (nSPS) is 25.7. The predicted octanol–water partition coefficient (Wildman–Crippen LogP) is 0.796. The third-order valence-electron chi connectivity index (χ3n) is 6.13. The zero-order valence-electron chi connectivity index (χ0n) is 16.5. The first-order chi connectivity index (χ1) is 13.6. The van der Waals surface area contributed by atoms with Gasteiger partial charge in [0.15, 0.2) is 0 Å². The highest BCUT2D eigenvalue weighted by molar-refractivity contribution is 5.93. The summed E-state index contributed by atoms with van der Waals surface area (Å²) < 4.78 is 5.32. The van der Waals surface area contributed by atoms with E-state index in [4.69, 9.17) is 4.74 Å². The van der Waals surface area contributed by atoms with Crippen molar-refractivity contribution in [2.45, 2.75) is 50.1 Å². The minimum Gasteiger partial charge on any atom is -0.378 e. The lowest BCUT2D eigenvalue weighted by atomic mass is 10.1. The number of likely N-dealkylation sites (N-methyl/N-ethyl adjacent to an activating group) is 1. The van der Waals surface area contributed by atoms with E-state index < -0.39 is 0 Å². The maximum absolute atomic E-state index is 12.5. The molecule has 1 N–H and O–H groups in total. The molecule has 3 heterocycles. The maximum atomic E-state index is 12.5. The number of aromatic nitrogens is 2. The third kappa shape index (κ3) is 4.50. The number of ether oxygens (including phenoxy) is 1. The Hall–Kier alpha value is -2.06. The van der Waals surface area contributed by atoms with Crippen LogP contribution in [0.3, 0.4) is 0 Å². The van der Waals surface area contributed by atoms with Crippen molar-refractivity contribution in [2.24, 2.45) is 0 Å². The van der Waals surface area contributed by atoms with E-state index in [1.807, 2.05) is 4.90 Å². The second-order valence-corrected chi connectivity index (χ2v) is 8.06. The Kier molecular flexibility index (Phi) is 5.87. The van der Waals surface area contributed by atoms with E-state index in [1.54, 1.807) is 12.4 Å². The van der Waals surface area contributed by atoms with Crippen LogP contribution in [0.15, 0.2) is 12.4 Å². The Balaban J connectivity index is 1.23. The fourth-order valence-corrected chi connectivity index (χ4v) is 4.05. The Labute approximate surface area is 165 Å². The molecular formula is C20H29N5O3. The van der Waals surface area contributed by atoms with Crippen molar-refractivity contribution in [3.05, 3.63) is 23.8 Å². The van der Waals surface area contributed by atoms with Crippen LogP contribution in [0.4, 0.5) is 0 Å². The standard InChI is InChI=1S/C20H29N5O3/c1-24-16(10-18(26)25-6-8-28-9-7-25)4-5-17(24)13-23-20(27)15-11-21-19(22-12-15)14-2-3-14/h11-12,14,16-17H,2-10,13H2,1H3,(H,23,27)/t16-,17+/m1/s1. The number of hydrogen-bond acceptors (Lipinski definition) is 6. The molecule has 152 valence electrons. The van der Waals surface area contributed by atoms with Crippen LogP contribution in [0.25, 0.3) is 0 Å². The van der Waals surface area contributed by atoms with Crippen molar-refractivity contribution < 1.29 is 14.3 Å². The highest BCUT2D eigenvalue weighted by Crippen LogP contribution is 2.37. The largest absolute Gasteiger partial charge is 0.378 e. The van der Waals surface area contributed by atoms with Gasteiger partial charge in [0.2, 0.25) is 5.91 Å². The second-order valence-electron chi connectivity index (χ2n) is 8.06. The summed E-state index contributed by atoms with van der Waals surface area (Å²) >= 11 is 0. The van der Waals surface area contributed by atoms with Gasteiger partial charge in [0.1, 0.15) is 5.82 Å². The molecule has 2 aliphatic heterocycles. The van der Waals surface area contributed by atoms with E-state index in [1.165, 1.54) is 0 Å². The van der Waals surface area contributed by atoms with Crippen molar-refractivity contribution in [3.63, 3.8) is 0 Å². The summed E-state index contributed by atoms with van der Waals surface area (Å²) in [5.74, 6) is 1.41. The van der Waals surface area contributed by atoms with Gasteiger partial charge in [0.05, 0.1) is 18.8 Å². The van der Waals surface area contributed by atoms with Gasteiger partial charge in [-0.05, 0) is 32.7 Å². The molecule has 8 nitrogen and oxygen atoms in total. The highest BCUT2D eigenvalue weighted by atomic mass is 16.5. The number of nitrogens with zero attached hydrogens (tertiary/aromatic N) is 4. The van der Waals surface area contributed by atoms with Crippen LogP contribution in [0.2, 0.25) is 0 Å². The van der Waals surface area contributed by atoms with E-state index in [9.17, 15) is 9.59 Å². The molecule has 0 aromatic carbocycles. The minimum absolute atomic E-state index is 0.136. The Morgan fingerprint density at radius 1 is 1.11 bits per heavy atom. The van der Waals surface area contributed by atoms with E-state index in [-0.39, 0.29) is 23.9 Å². The smallest absolute Gasteiger partial charge is 0.254 e. The number of amides is 2. The predicted molar refractivity (Wildman–Crippen MR) is 103 cm³/mol. The van der Waals surface area contributed by atoms with E-state index in [0.717, 1.165) is 31.5 Å². The Bertz CT molecular complexity index is 700. The van der Waals surface area contributed by atoms with Gasteiger partial charge < -0.3 is 15.0 Å². The molecule has 3 fully saturated rings. The summed E-state index contributed by atoms with van der Waals surface area (Å²) in [6, 6.07) is 0.483. The van der Waals surface area contributed by atoms with Gasteiger partial charge in [-0.15, -0.1) is 0 Å². The summed E-state index contributed by atoms with van der Waals surface area (Å²) in [5, 5.41) is 3.00. The fraction of sp³-hybridized carbons (Fsp3) is 0.700. The molecule has 1 aromatic heterocycles. The number of carbonyl (C=O) groups is 2. The van der Waals surface area contributed by atoms with Gasteiger partial charge >= 0.3 is 0 Å². The molecular weight excluding hydrogens is 358 g/mol. The lowest BCUT2D eigenvalue weighted by molar-refractivity contribution is -0.136. The van der Waals surface area contributed by atoms with Crippen LogP contribution in [0.1, 0.15) is 54.2 Å². The molecule has 3 aliphatic rings. The molecule has 0 radical (unpaired) electrons. The minimum atomic E-state index is -0.136. The van der Waals surface area contributed by atoms with Gasteiger partial charge in [-0.3, -0.25) is 14.5 Å². The number of likely N-dealkylation sites (tertiary alicyclic amines) is 1. The molecule has 28 heavy (non-hydrogen) atoms. The fourth-order valence-electron chi connectivity index (χ4n) is 4.05. The SMILES string of the molecule is CN1[C@@H](CC(=O)N2CCOCC2)CC[C@H]1CNC(=O)c1cnc(C2CC2)nc1. The van der Waals surface area contributed by atoms with Gasteiger partial charge in [-0.1, -0.05) is 0 Å². The molecule has 0 spiro atoms. The summed E-state index contributed by atoms with van der Waals surface area (Å²) in [6.07, 6.45) is 8.04. The zero-order chi connectivity index (χ0) is 19.5. The van der Waals surface area contributed by atoms with Crippen molar-refractivity contribution in [1.29, 1.82) is 0 Å². The number of carbonyl (C=O) groups excluding carboxylic acids is 2.